The van der Waals surface area contributed by atoms with Crippen LogP contribution in [0.2, 0.25) is 0 Å². The molecule has 0 aromatic carbocycles. The Balaban J connectivity index is 1.52. The van der Waals surface area contributed by atoms with Crippen molar-refractivity contribution in [2.45, 2.75) is 19.6 Å². The maximum absolute atomic E-state index is 5.55. The zero-order chi connectivity index (χ0) is 17.6. The summed E-state index contributed by atoms with van der Waals surface area (Å²) in [7, 11) is 0. The normalized spacial score (nSPS) is 11.1. The maximum atomic E-state index is 5.55. The predicted octanol–water partition coefficient (Wildman–Crippen LogP) is 3.93. The number of hydrogen-bond acceptors (Lipinski definition) is 6. The van der Waals surface area contributed by atoms with Crippen molar-refractivity contribution in [3.05, 3.63) is 90.5 Å². The van der Waals surface area contributed by atoms with Crippen molar-refractivity contribution in [2.24, 2.45) is 0 Å². The predicted molar refractivity (Wildman–Crippen MR) is 95.6 cm³/mol. The smallest absolute Gasteiger partial charge is 0.263 e. The van der Waals surface area contributed by atoms with Gasteiger partial charge in [-0.05, 0) is 36.4 Å². The van der Waals surface area contributed by atoms with Crippen LogP contribution >= 0.6 is 0 Å². The fraction of sp³-hybridized carbons (Fsp3) is 0.150. The van der Waals surface area contributed by atoms with Gasteiger partial charge in [0.1, 0.15) is 6.26 Å². The Labute approximate surface area is 151 Å². The molecule has 4 rings (SSSR count). The molecule has 0 saturated heterocycles. The first-order chi connectivity index (χ1) is 12.9. The molecule has 0 atom stereocenters. The molecule has 0 amide bonds. The molecule has 130 valence electrons. The number of furan rings is 1. The monoisotopic (exact) mass is 346 g/mol. The van der Waals surface area contributed by atoms with Gasteiger partial charge in [0, 0.05) is 32.0 Å². The molecule has 0 aliphatic heterocycles. The molecule has 26 heavy (non-hydrogen) atoms. The number of rotatable bonds is 7. The molecule has 0 saturated carbocycles. The van der Waals surface area contributed by atoms with Gasteiger partial charge in [0.25, 0.3) is 5.89 Å². The Morgan fingerprint density at radius 3 is 2.00 bits per heavy atom. The molecular formula is C20H18N4O2. The van der Waals surface area contributed by atoms with E-state index in [0.29, 0.717) is 31.3 Å². The van der Waals surface area contributed by atoms with Gasteiger partial charge < -0.3 is 8.83 Å². The summed E-state index contributed by atoms with van der Waals surface area (Å²) in [5.74, 6) is 1.11. The summed E-state index contributed by atoms with van der Waals surface area (Å²) in [6, 6.07) is 15.5. The van der Waals surface area contributed by atoms with Gasteiger partial charge in [0.05, 0.1) is 23.3 Å². The van der Waals surface area contributed by atoms with Crippen LogP contribution in [0.1, 0.15) is 17.1 Å². The van der Waals surface area contributed by atoms with E-state index in [2.05, 4.69) is 19.9 Å². The van der Waals surface area contributed by atoms with E-state index in [9.17, 15) is 0 Å². The van der Waals surface area contributed by atoms with E-state index in [-0.39, 0.29) is 0 Å². The van der Waals surface area contributed by atoms with Gasteiger partial charge >= 0.3 is 0 Å². The van der Waals surface area contributed by atoms with Gasteiger partial charge in [-0.15, -0.1) is 0 Å². The second-order valence-corrected chi connectivity index (χ2v) is 5.91. The number of oxazole rings is 1. The standard InChI is InChI=1S/C20H18N4O2/c1-3-9-21-16(6-1)12-24(13-17-7-2-4-10-22-17)14-18-15-26-20(23-18)19-8-5-11-25-19/h1-11,15H,12-14H2. The fourth-order valence-electron chi connectivity index (χ4n) is 2.73. The highest BCUT2D eigenvalue weighted by molar-refractivity contribution is 5.43. The van der Waals surface area contributed by atoms with Crippen LogP contribution in [0.4, 0.5) is 0 Å². The Kier molecular flexibility index (Phi) is 4.84. The lowest BCUT2D eigenvalue weighted by molar-refractivity contribution is 0.238. The van der Waals surface area contributed by atoms with Gasteiger partial charge in [-0.25, -0.2) is 4.98 Å². The number of pyridine rings is 2. The quantitative estimate of drug-likeness (QED) is 0.505. The fourth-order valence-corrected chi connectivity index (χ4v) is 2.73. The molecule has 0 unspecified atom stereocenters. The summed E-state index contributed by atoms with van der Waals surface area (Å²) >= 11 is 0. The van der Waals surface area contributed by atoms with Crippen molar-refractivity contribution in [1.82, 2.24) is 19.9 Å². The molecule has 0 fully saturated rings. The molecular weight excluding hydrogens is 328 g/mol. The van der Waals surface area contributed by atoms with Crippen LogP contribution < -0.4 is 0 Å². The molecule has 0 radical (unpaired) electrons. The number of nitrogens with zero attached hydrogens (tertiary/aromatic N) is 4. The average Bonchev–Trinajstić information content (AvgIpc) is 3.35. The average molecular weight is 346 g/mol. The molecule has 0 aliphatic carbocycles. The number of aromatic nitrogens is 3. The first kappa shape index (κ1) is 16.2. The van der Waals surface area contributed by atoms with E-state index in [0.717, 1.165) is 17.1 Å². The maximum Gasteiger partial charge on any atom is 0.263 e. The van der Waals surface area contributed by atoms with E-state index in [4.69, 9.17) is 8.83 Å². The lowest BCUT2D eigenvalue weighted by Gasteiger charge is -2.20. The lowest BCUT2D eigenvalue weighted by Crippen LogP contribution is -2.23. The first-order valence-corrected chi connectivity index (χ1v) is 8.37. The third-order valence-electron chi connectivity index (χ3n) is 3.89. The summed E-state index contributed by atoms with van der Waals surface area (Å²) in [5.41, 5.74) is 2.83. The molecule has 0 N–H and O–H groups in total. The van der Waals surface area contributed by atoms with E-state index < -0.39 is 0 Å². The highest BCUT2D eigenvalue weighted by Crippen LogP contribution is 2.20. The van der Waals surface area contributed by atoms with Gasteiger partial charge in [-0.3, -0.25) is 14.9 Å². The molecule has 4 heterocycles. The Morgan fingerprint density at radius 1 is 0.731 bits per heavy atom. The van der Waals surface area contributed by atoms with Crippen LogP contribution in [0, 0.1) is 0 Å². The third-order valence-corrected chi connectivity index (χ3v) is 3.89. The van der Waals surface area contributed by atoms with E-state index >= 15 is 0 Å². The highest BCUT2D eigenvalue weighted by atomic mass is 16.4. The summed E-state index contributed by atoms with van der Waals surface area (Å²) in [4.78, 5) is 15.6. The summed E-state index contributed by atoms with van der Waals surface area (Å²) in [6.07, 6.45) is 6.88. The van der Waals surface area contributed by atoms with E-state index in [1.54, 1.807) is 24.9 Å². The van der Waals surface area contributed by atoms with E-state index in [1.165, 1.54) is 0 Å². The summed E-state index contributed by atoms with van der Waals surface area (Å²) in [5, 5.41) is 0. The highest BCUT2D eigenvalue weighted by Gasteiger charge is 2.14. The van der Waals surface area contributed by atoms with Gasteiger partial charge in [-0.1, -0.05) is 12.1 Å². The lowest BCUT2D eigenvalue weighted by atomic mass is 10.2. The first-order valence-electron chi connectivity index (χ1n) is 8.37. The van der Waals surface area contributed by atoms with Crippen molar-refractivity contribution in [3.63, 3.8) is 0 Å². The van der Waals surface area contributed by atoms with Gasteiger partial charge in [0.2, 0.25) is 0 Å². The van der Waals surface area contributed by atoms with Crippen molar-refractivity contribution in [1.29, 1.82) is 0 Å². The van der Waals surface area contributed by atoms with Crippen LogP contribution in [0.3, 0.4) is 0 Å². The van der Waals surface area contributed by atoms with Crippen molar-refractivity contribution in [3.8, 4) is 11.7 Å². The Hall–Kier alpha value is -3.25. The summed E-state index contributed by atoms with van der Waals surface area (Å²) in [6.45, 7) is 2.01. The SMILES string of the molecule is c1ccc(CN(Cc2ccccn2)Cc2coc(-c3ccco3)n2)nc1. The molecule has 0 aliphatic rings. The van der Waals surface area contributed by atoms with Crippen LogP contribution in [0.5, 0.6) is 0 Å². The molecule has 6 nitrogen and oxygen atoms in total. The van der Waals surface area contributed by atoms with Crippen molar-refractivity contribution >= 4 is 0 Å². The van der Waals surface area contributed by atoms with Crippen LogP contribution in [0.25, 0.3) is 11.7 Å². The van der Waals surface area contributed by atoms with Gasteiger partial charge in [0.15, 0.2) is 5.76 Å². The van der Waals surface area contributed by atoms with E-state index in [1.807, 2.05) is 48.5 Å². The topological polar surface area (TPSA) is 68.2 Å². The van der Waals surface area contributed by atoms with Crippen molar-refractivity contribution < 1.29 is 8.83 Å². The summed E-state index contributed by atoms with van der Waals surface area (Å²) < 4.78 is 10.9. The zero-order valence-corrected chi connectivity index (χ0v) is 14.2. The second kappa shape index (κ2) is 7.76. The van der Waals surface area contributed by atoms with Crippen molar-refractivity contribution in [2.75, 3.05) is 0 Å². The van der Waals surface area contributed by atoms with Crippen LogP contribution in [-0.4, -0.2) is 19.9 Å². The minimum atomic E-state index is 0.487. The second-order valence-electron chi connectivity index (χ2n) is 5.91. The molecule has 6 heteroatoms. The molecule has 4 aromatic heterocycles. The minimum absolute atomic E-state index is 0.487. The molecule has 4 aromatic rings. The van der Waals surface area contributed by atoms with Crippen LogP contribution in [0.15, 0.2) is 82.3 Å². The Morgan fingerprint density at radius 2 is 1.42 bits per heavy atom. The Bertz CT molecular complexity index is 879. The zero-order valence-electron chi connectivity index (χ0n) is 14.2. The molecule has 0 spiro atoms. The van der Waals surface area contributed by atoms with Crippen LogP contribution in [-0.2, 0) is 19.6 Å². The number of hydrogen-bond donors (Lipinski definition) is 0. The molecule has 0 bridgehead atoms. The largest absolute Gasteiger partial charge is 0.459 e. The minimum Gasteiger partial charge on any atom is -0.459 e. The third kappa shape index (κ3) is 4.04. The van der Waals surface area contributed by atoms with Gasteiger partial charge in [-0.2, -0.15) is 0 Å².